The van der Waals surface area contributed by atoms with Crippen LogP contribution in [-0.4, -0.2) is 53.1 Å². The smallest absolute Gasteiger partial charge is 0.402 e. The Balaban J connectivity index is 0. The Bertz CT molecular complexity index is 292. The molecule has 0 bridgehead atoms. The predicted octanol–water partition coefficient (Wildman–Crippen LogP) is 7.63. The van der Waals surface area contributed by atoms with Crippen molar-refractivity contribution in [1.29, 1.82) is 0 Å². The molecule has 0 unspecified atom stereocenters. The van der Waals surface area contributed by atoms with Crippen molar-refractivity contribution in [3.05, 3.63) is 0 Å². The standard InChI is InChI=1S/C28H60N.BH3O3/c1-5-9-13-17-21-25-29(26-22-18-14-10-6-2,27-23-19-15-11-7-3)28-24-20-16-12-8-4;2-1(3)4/h5-28H2,1-4H3;2-4H/q+1;. The Morgan fingerprint density at radius 2 is 0.545 bits per heavy atom. The van der Waals surface area contributed by atoms with Crippen LogP contribution < -0.4 is 0 Å². The van der Waals surface area contributed by atoms with Crippen LogP contribution in [0.25, 0.3) is 0 Å². The van der Waals surface area contributed by atoms with Crippen LogP contribution in [-0.2, 0) is 0 Å². The molecule has 0 saturated heterocycles. The number of unbranched alkanes of at least 4 members (excludes halogenated alkanes) is 16. The number of hydrogen-bond acceptors (Lipinski definition) is 3. The summed E-state index contributed by atoms with van der Waals surface area (Å²) in [6, 6.07) is 0. The molecule has 0 aliphatic carbocycles. The SMILES string of the molecule is CCCCCCC[N+](CCCCCCC)(CCCCCCC)CCCCCCC.OB(O)O. The first-order valence-electron chi connectivity index (χ1n) is 14.9. The Morgan fingerprint density at radius 3 is 0.727 bits per heavy atom. The maximum absolute atomic E-state index is 7.17. The van der Waals surface area contributed by atoms with Crippen LogP contribution >= 0.6 is 0 Å². The minimum absolute atomic E-state index is 1.37. The van der Waals surface area contributed by atoms with Gasteiger partial charge in [0.25, 0.3) is 0 Å². The number of hydrogen-bond donors (Lipinski definition) is 3. The van der Waals surface area contributed by atoms with Crippen molar-refractivity contribution in [2.45, 2.75) is 156 Å². The molecule has 33 heavy (non-hydrogen) atoms. The highest BCUT2D eigenvalue weighted by molar-refractivity contribution is 6.30. The average molecular weight is 473 g/mol. The molecule has 3 N–H and O–H groups in total. The van der Waals surface area contributed by atoms with Crippen molar-refractivity contribution in [2.24, 2.45) is 0 Å². The molecule has 0 amide bonds. The van der Waals surface area contributed by atoms with E-state index in [0.29, 0.717) is 0 Å². The molecule has 0 saturated carbocycles. The second-order valence-corrected chi connectivity index (χ2v) is 10.2. The van der Waals surface area contributed by atoms with E-state index in [2.05, 4.69) is 27.7 Å². The number of nitrogens with zero attached hydrogens (tertiary/aromatic N) is 1. The molecule has 0 spiro atoms. The summed E-state index contributed by atoms with van der Waals surface area (Å²) >= 11 is 0. The zero-order valence-electron chi connectivity index (χ0n) is 23.3. The normalized spacial score (nSPS) is 11.4. The van der Waals surface area contributed by atoms with Gasteiger partial charge >= 0.3 is 7.32 Å². The molecule has 200 valence electrons. The Hall–Kier alpha value is -0.0951. The van der Waals surface area contributed by atoms with Crippen molar-refractivity contribution >= 4 is 7.32 Å². The molecule has 0 aromatic rings. The van der Waals surface area contributed by atoms with Crippen LogP contribution in [0.15, 0.2) is 0 Å². The van der Waals surface area contributed by atoms with E-state index in [-0.39, 0.29) is 0 Å². The minimum Gasteiger partial charge on any atom is -0.402 e. The fourth-order valence-electron chi connectivity index (χ4n) is 4.87. The van der Waals surface area contributed by atoms with Gasteiger partial charge in [-0.25, -0.2) is 0 Å². The Kier molecular flexibility index (Phi) is 29.9. The van der Waals surface area contributed by atoms with E-state index in [4.69, 9.17) is 15.1 Å². The first-order chi connectivity index (χ1) is 16.0. The molecule has 0 aromatic carbocycles. The maximum atomic E-state index is 7.17. The summed E-state index contributed by atoms with van der Waals surface area (Å²) < 4.78 is 1.47. The van der Waals surface area contributed by atoms with E-state index in [1.807, 2.05) is 0 Å². The van der Waals surface area contributed by atoms with Gasteiger partial charge < -0.3 is 19.6 Å². The first kappa shape index (κ1) is 35.1. The quantitative estimate of drug-likeness (QED) is 0.0769. The van der Waals surface area contributed by atoms with E-state index < -0.39 is 7.32 Å². The van der Waals surface area contributed by atoms with Gasteiger partial charge in [-0.1, -0.05) is 105 Å². The third-order valence-corrected chi connectivity index (χ3v) is 6.94. The second kappa shape index (κ2) is 28.1. The van der Waals surface area contributed by atoms with E-state index in [1.165, 1.54) is 159 Å². The Labute approximate surface area is 209 Å². The third kappa shape index (κ3) is 28.0. The number of rotatable bonds is 24. The van der Waals surface area contributed by atoms with Gasteiger partial charge in [0.15, 0.2) is 0 Å². The molecule has 0 fully saturated rings. The highest BCUT2D eigenvalue weighted by Gasteiger charge is 2.25. The van der Waals surface area contributed by atoms with Crippen LogP contribution in [0.2, 0.25) is 0 Å². The molecule has 4 nitrogen and oxygen atoms in total. The van der Waals surface area contributed by atoms with Crippen LogP contribution in [0.1, 0.15) is 156 Å². The van der Waals surface area contributed by atoms with Gasteiger partial charge in [0.05, 0.1) is 26.2 Å². The highest BCUT2D eigenvalue weighted by Crippen LogP contribution is 2.20. The molecule has 0 aromatic heterocycles. The van der Waals surface area contributed by atoms with Crippen LogP contribution in [0, 0.1) is 0 Å². The maximum Gasteiger partial charge on any atom is 0.631 e. The molecule has 0 aliphatic rings. The number of quaternary nitrogens is 1. The Morgan fingerprint density at radius 1 is 0.364 bits per heavy atom. The zero-order valence-corrected chi connectivity index (χ0v) is 23.3. The van der Waals surface area contributed by atoms with E-state index in [0.717, 1.165) is 0 Å². The van der Waals surface area contributed by atoms with Crippen molar-refractivity contribution in [1.82, 2.24) is 0 Å². The van der Waals surface area contributed by atoms with E-state index in [9.17, 15) is 0 Å². The summed E-state index contributed by atoms with van der Waals surface area (Å²) in [7, 11) is -2.17. The molecule has 5 heteroatoms. The summed E-state index contributed by atoms with van der Waals surface area (Å²) in [5.74, 6) is 0. The molecule has 0 heterocycles. The average Bonchev–Trinajstić information content (AvgIpc) is 2.78. The van der Waals surface area contributed by atoms with Gasteiger partial charge in [-0.05, 0) is 51.4 Å². The molecule has 0 aliphatic heterocycles. The van der Waals surface area contributed by atoms with E-state index in [1.54, 1.807) is 0 Å². The molecule has 0 atom stereocenters. The summed E-state index contributed by atoms with van der Waals surface area (Å²) in [6.07, 6.45) is 28.8. The topological polar surface area (TPSA) is 60.7 Å². The van der Waals surface area contributed by atoms with Gasteiger partial charge in [-0.15, -0.1) is 0 Å². The lowest BCUT2D eigenvalue weighted by molar-refractivity contribution is -0.929. The summed E-state index contributed by atoms with van der Waals surface area (Å²) in [5, 5.41) is 21.5. The summed E-state index contributed by atoms with van der Waals surface area (Å²) in [4.78, 5) is 0. The van der Waals surface area contributed by atoms with Crippen molar-refractivity contribution in [2.75, 3.05) is 26.2 Å². The van der Waals surface area contributed by atoms with Crippen LogP contribution in [0.5, 0.6) is 0 Å². The van der Waals surface area contributed by atoms with Crippen LogP contribution in [0.3, 0.4) is 0 Å². The van der Waals surface area contributed by atoms with Gasteiger partial charge in [0.1, 0.15) is 0 Å². The molecular weight excluding hydrogens is 409 g/mol. The fourth-order valence-corrected chi connectivity index (χ4v) is 4.87. The predicted molar refractivity (Wildman–Crippen MR) is 147 cm³/mol. The summed E-state index contributed by atoms with van der Waals surface area (Å²) in [5.41, 5.74) is 0. The lowest BCUT2D eigenvalue weighted by Gasteiger charge is -2.39. The highest BCUT2D eigenvalue weighted by atomic mass is 16.5. The van der Waals surface area contributed by atoms with E-state index >= 15 is 0 Å². The monoisotopic (exact) mass is 472 g/mol. The molecule has 0 rings (SSSR count). The lowest BCUT2D eigenvalue weighted by Crippen LogP contribution is -2.50. The van der Waals surface area contributed by atoms with Crippen molar-refractivity contribution in [3.8, 4) is 0 Å². The summed E-state index contributed by atoms with van der Waals surface area (Å²) in [6.45, 7) is 15.2. The van der Waals surface area contributed by atoms with Gasteiger partial charge in [-0.3, -0.25) is 0 Å². The first-order valence-corrected chi connectivity index (χ1v) is 14.9. The van der Waals surface area contributed by atoms with Gasteiger partial charge in [-0.2, -0.15) is 0 Å². The largest absolute Gasteiger partial charge is 0.631 e. The molecule has 0 radical (unpaired) electrons. The van der Waals surface area contributed by atoms with Crippen molar-refractivity contribution in [3.63, 3.8) is 0 Å². The second-order valence-electron chi connectivity index (χ2n) is 10.2. The fraction of sp³-hybridized carbons (Fsp3) is 1.00. The van der Waals surface area contributed by atoms with Gasteiger partial charge in [0.2, 0.25) is 0 Å². The molecular formula is C28H63BNO3+. The minimum atomic E-state index is -2.17. The zero-order chi connectivity index (χ0) is 25.0. The van der Waals surface area contributed by atoms with Crippen LogP contribution in [0.4, 0.5) is 0 Å². The third-order valence-electron chi connectivity index (χ3n) is 6.94. The van der Waals surface area contributed by atoms with Gasteiger partial charge in [0, 0.05) is 0 Å². The lowest BCUT2D eigenvalue weighted by atomic mass is 10.1. The van der Waals surface area contributed by atoms with Crippen molar-refractivity contribution < 1.29 is 19.6 Å².